The van der Waals surface area contributed by atoms with Crippen molar-refractivity contribution >= 4 is 11.6 Å². The molecule has 0 spiro atoms. The summed E-state index contributed by atoms with van der Waals surface area (Å²) in [7, 11) is 0. The van der Waals surface area contributed by atoms with Gasteiger partial charge in [0.15, 0.2) is 0 Å². The molecule has 0 aliphatic carbocycles. The van der Waals surface area contributed by atoms with Crippen LogP contribution in [0.3, 0.4) is 0 Å². The van der Waals surface area contributed by atoms with Crippen LogP contribution < -0.4 is 10.1 Å². The third kappa shape index (κ3) is 6.31. The number of benzene rings is 1. The molecule has 108 valence electrons. The summed E-state index contributed by atoms with van der Waals surface area (Å²) >= 11 is 6.08. The standard InChI is InChI=1S/C16H26ClNO/c1-4-13(3)18-10-6-7-11-19-15-8-9-16(17)14(5-2)12-15/h8-9,12-13,18H,4-7,10-11H2,1-3H3/p+1/t13-/m0/s1. The van der Waals surface area contributed by atoms with Crippen molar-refractivity contribution < 1.29 is 10.1 Å². The van der Waals surface area contributed by atoms with Crippen LogP contribution in [-0.2, 0) is 6.42 Å². The second-order valence-electron chi connectivity index (χ2n) is 5.07. The SMILES string of the molecule is CCc1cc(OCCCC[NH2+][C@@H](C)CC)ccc1Cl. The molecule has 0 radical (unpaired) electrons. The second kappa shape index (κ2) is 9.22. The predicted molar refractivity (Wildman–Crippen MR) is 82.1 cm³/mol. The van der Waals surface area contributed by atoms with Crippen molar-refractivity contribution in [2.75, 3.05) is 13.2 Å². The molecule has 0 aliphatic heterocycles. The average molecular weight is 285 g/mol. The maximum atomic E-state index is 6.08. The van der Waals surface area contributed by atoms with Crippen LogP contribution >= 0.6 is 11.6 Å². The van der Waals surface area contributed by atoms with E-state index in [4.69, 9.17) is 16.3 Å². The molecule has 1 rings (SSSR count). The molecular formula is C16H27ClNO+. The van der Waals surface area contributed by atoms with Crippen molar-refractivity contribution in [3.63, 3.8) is 0 Å². The first kappa shape index (κ1) is 16.3. The molecule has 1 atom stereocenters. The zero-order valence-electron chi connectivity index (χ0n) is 12.4. The monoisotopic (exact) mass is 284 g/mol. The Kier molecular flexibility index (Phi) is 7.92. The van der Waals surface area contributed by atoms with Gasteiger partial charge in [-0.1, -0.05) is 25.4 Å². The highest BCUT2D eigenvalue weighted by Gasteiger charge is 2.02. The van der Waals surface area contributed by atoms with Gasteiger partial charge in [0, 0.05) is 5.02 Å². The third-order valence-corrected chi connectivity index (χ3v) is 3.85. The summed E-state index contributed by atoms with van der Waals surface area (Å²) in [5.41, 5.74) is 1.16. The summed E-state index contributed by atoms with van der Waals surface area (Å²) in [6.45, 7) is 8.60. The third-order valence-electron chi connectivity index (χ3n) is 3.48. The minimum absolute atomic E-state index is 0.740. The number of quaternary nitrogens is 1. The summed E-state index contributed by atoms with van der Waals surface area (Å²) in [4.78, 5) is 0. The van der Waals surface area contributed by atoms with Gasteiger partial charge in [-0.15, -0.1) is 0 Å². The van der Waals surface area contributed by atoms with Crippen molar-refractivity contribution in [1.29, 1.82) is 0 Å². The zero-order valence-corrected chi connectivity index (χ0v) is 13.2. The van der Waals surface area contributed by atoms with Gasteiger partial charge >= 0.3 is 0 Å². The van der Waals surface area contributed by atoms with E-state index in [1.165, 1.54) is 19.4 Å². The Morgan fingerprint density at radius 3 is 2.74 bits per heavy atom. The summed E-state index contributed by atoms with van der Waals surface area (Å²) in [5.74, 6) is 0.937. The average Bonchev–Trinajstić information content (AvgIpc) is 2.43. The summed E-state index contributed by atoms with van der Waals surface area (Å²) in [6.07, 6.45) is 4.50. The number of ether oxygens (including phenoxy) is 1. The van der Waals surface area contributed by atoms with Crippen molar-refractivity contribution in [1.82, 2.24) is 0 Å². The van der Waals surface area contributed by atoms with Crippen LogP contribution in [0.1, 0.15) is 45.6 Å². The summed E-state index contributed by atoms with van der Waals surface area (Å²) in [5, 5.41) is 3.25. The van der Waals surface area contributed by atoms with E-state index in [2.05, 4.69) is 26.1 Å². The molecule has 2 N–H and O–H groups in total. The summed E-state index contributed by atoms with van der Waals surface area (Å²) < 4.78 is 5.76. The van der Waals surface area contributed by atoms with Gasteiger partial charge in [0.05, 0.1) is 19.2 Å². The van der Waals surface area contributed by atoms with Crippen molar-refractivity contribution in [3.05, 3.63) is 28.8 Å². The molecule has 0 amide bonds. The molecule has 0 unspecified atom stereocenters. The molecule has 0 aliphatic rings. The van der Waals surface area contributed by atoms with E-state index in [0.29, 0.717) is 0 Å². The Balaban J connectivity index is 2.19. The molecule has 3 heteroatoms. The first-order chi connectivity index (χ1) is 9.17. The number of hydrogen-bond donors (Lipinski definition) is 1. The Labute approximate surface area is 122 Å². The molecular weight excluding hydrogens is 258 g/mol. The van der Waals surface area contributed by atoms with Gasteiger partial charge in [-0.3, -0.25) is 0 Å². The van der Waals surface area contributed by atoms with Crippen LogP contribution in [0.5, 0.6) is 5.75 Å². The topological polar surface area (TPSA) is 25.8 Å². The van der Waals surface area contributed by atoms with Crippen molar-refractivity contribution in [2.45, 2.75) is 52.5 Å². The largest absolute Gasteiger partial charge is 0.494 e. The first-order valence-corrected chi connectivity index (χ1v) is 7.79. The molecule has 0 bridgehead atoms. The lowest BCUT2D eigenvalue weighted by Crippen LogP contribution is -2.89. The maximum Gasteiger partial charge on any atom is 0.119 e. The van der Waals surface area contributed by atoms with Gasteiger partial charge in [0.2, 0.25) is 0 Å². The fourth-order valence-corrected chi connectivity index (χ4v) is 2.17. The fourth-order valence-electron chi connectivity index (χ4n) is 1.92. The number of nitrogens with two attached hydrogens (primary N) is 1. The van der Waals surface area contributed by atoms with Crippen LogP contribution in [0, 0.1) is 0 Å². The van der Waals surface area contributed by atoms with Crippen molar-refractivity contribution in [2.24, 2.45) is 0 Å². The lowest BCUT2D eigenvalue weighted by atomic mass is 10.1. The molecule has 19 heavy (non-hydrogen) atoms. The van der Waals surface area contributed by atoms with E-state index in [1.54, 1.807) is 0 Å². The number of unbranched alkanes of at least 4 members (excludes halogenated alkanes) is 1. The number of hydrogen-bond acceptors (Lipinski definition) is 1. The smallest absolute Gasteiger partial charge is 0.119 e. The number of rotatable bonds is 9. The van der Waals surface area contributed by atoms with E-state index in [0.717, 1.165) is 41.8 Å². The van der Waals surface area contributed by atoms with Crippen LogP contribution in [0.15, 0.2) is 18.2 Å². The van der Waals surface area contributed by atoms with Gasteiger partial charge in [0.25, 0.3) is 0 Å². The maximum absolute atomic E-state index is 6.08. The summed E-state index contributed by atoms with van der Waals surface area (Å²) in [6, 6.07) is 6.66. The number of aryl methyl sites for hydroxylation is 1. The first-order valence-electron chi connectivity index (χ1n) is 7.41. The molecule has 0 saturated carbocycles. The van der Waals surface area contributed by atoms with Crippen LogP contribution in [-0.4, -0.2) is 19.2 Å². The Bertz CT molecular complexity index is 368. The van der Waals surface area contributed by atoms with Crippen LogP contribution in [0.2, 0.25) is 5.02 Å². The molecule has 0 aromatic heterocycles. The minimum atomic E-state index is 0.740. The van der Waals surface area contributed by atoms with E-state index in [-0.39, 0.29) is 0 Å². The van der Waals surface area contributed by atoms with Gasteiger partial charge in [-0.25, -0.2) is 0 Å². The zero-order chi connectivity index (χ0) is 14.1. The van der Waals surface area contributed by atoms with Gasteiger partial charge < -0.3 is 10.1 Å². The fraction of sp³-hybridized carbons (Fsp3) is 0.625. The molecule has 0 heterocycles. The Hall–Kier alpha value is -0.730. The van der Waals surface area contributed by atoms with E-state index >= 15 is 0 Å². The van der Waals surface area contributed by atoms with Gasteiger partial charge in [-0.05, 0) is 56.4 Å². The van der Waals surface area contributed by atoms with E-state index < -0.39 is 0 Å². The van der Waals surface area contributed by atoms with Crippen LogP contribution in [0.4, 0.5) is 0 Å². The molecule has 1 aromatic carbocycles. The molecule has 0 fully saturated rings. The normalized spacial score (nSPS) is 12.4. The quantitative estimate of drug-likeness (QED) is 0.691. The minimum Gasteiger partial charge on any atom is -0.494 e. The molecule has 1 aromatic rings. The van der Waals surface area contributed by atoms with Gasteiger partial charge in [-0.2, -0.15) is 0 Å². The Morgan fingerprint density at radius 1 is 1.26 bits per heavy atom. The Morgan fingerprint density at radius 2 is 2.05 bits per heavy atom. The van der Waals surface area contributed by atoms with Crippen LogP contribution in [0.25, 0.3) is 0 Å². The van der Waals surface area contributed by atoms with Crippen molar-refractivity contribution in [3.8, 4) is 5.75 Å². The van der Waals surface area contributed by atoms with Gasteiger partial charge in [0.1, 0.15) is 5.75 Å². The highest BCUT2D eigenvalue weighted by atomic mass is 35.5. The van der Waals surface area contributed by atoms with E-state index in [1.807, 2.05) is 18.2 Å². The predicted octanol–water partition coefficient (Wildman–Crippen LogP) is 3.42. The lowest BCUT2D eigenvalue weighted by molar-refractivity contribution is -0.686. The number of halogens is 1. The highest BCUT2D eigenvalue weighted by molar-refractivity contribution is 6.31. The molecule has 2 nitrogen and oxygen atoms in total. The highest BCUT2D eigenvalue weighted by Crippen LogP contribution is 2.22. The van der Waals surface area contributed by atoms with E-state index in [9.17, 15) is 0 Å². The lowest BCUT2D eigenvalue weighted by Gasteiger charge is -2.10. The molecule has 0 saturated heterocycles. The second-order valence-corrected chi connectivity index (χ2v) is 5.48.